The first-order chi connectivity index (χ1) is 9.58. The van der Waals surface area contributed by atoms with Crippen LogP contribution >= 0.6 is 11.8 Å². The highest BCUT2D eigenvalue weighted by Gasteiger charge is 2.42. The molecule has 8 heteroatoms. The molecule has 20 heavy (non-hydrogen) atoms. The third-order valence-corrected chi connectivity index (χ3v) is 4.74. The molecule has 2 amide bonds. The summed E-state index contributed by atoms with van der Waals surface area (Å²) in [6, 6.07) is 0.440. The van der Waals surface area contributed by atoms with Crippen molar-refractivity contribution in [1.29, 1.82) is 0 Å². The zero-order chi connectivity index (χ0) is 15.0. The number of urea groups is 1. The van der Waals surface area contributed by atoms with Gasteiger partial charge in [-0.05, 0) is 12.8 Å². The van der Waals surface area contributed by atoms with E-state index in [0.29, 0.717) is 18.3 Å². The molecule has 0 aromatic carbocycles. The van der Waals surface area contributed by atoms with E-state index in [-0.39, 0.29) is 24.5 Å². The molecule has 0 spiro atoms. The van der Waals surface area contributed by atoms with E-state index in [2.05, 4.69) is 10.6 Å². The SMILES string of the molecule is NCCN.O=C(O)CCCC[C@@H]1SC[C@@H]2NC(=O)N[C@@H]21. The molecule has 2 aliphatic heterocycles. The lowest BCUT2D eigenvalue weighted by molar-refractivity contribution is -0.137. The van der Waals surface area contributed by atoms with Crippen molar-refractivity contribution >= 4 is 23.8 Å². The summed E-state index contributed by atoms with van der Waals surface area (Å²) >= 11 is 1.87. The maximum absolute atomic E-state index is 11.1. The number of hydrogen-bond acceptors (Lipinski definition) is 5. The van der Waals surface area contributed by atoms with Crippen molar-refractivity contribution in [2.24, 2.45) is 11.5 Å². The van der Waals surface area contributed by atoms with Crippen LogP contribution in [-0.4, -0.2) is 53.3 Å². The maximum Gasteiger partial charge on any atom is 0.315 e. The number of carboxylic acid groups (broad SMARTS) is 1. The Bertz CT molecular complexity index is 328. The number of thioether (sulfide) groups is 1. The zero-order valence-corrected chi connectivity index (χ0v) is 12.3. The molecule has 0 aliphatic carbocycles. The van der Waals surface area contributed by atoms with Gasteiger partial charge in [-0.25, -0.2) is 4.79 Å². The van der Waals surface area contributed by atoms with E-state index >= 15 is 0 Å². The average Bonchev–Trinajstić information content (AvgIpc) is 2.94. The van der Waals surface area contributed by atoms with Crippen molar-refractivity contribution < 1.29 is 14.7 Å². The fourth-order valence-electron chi connectivity index (χ4n) is 2.26. The van der Waals surface area contributed by atoms with E-state index in [1.807, 2.05) is 11.8 Å². The number of amides is 2. The van der Waals surface area contributed by atoms with Gasteiger partial charge in [-0.3, -0.25) is 4.79 Å². The van der Waals surface area contributed by atoms with E-state index < -0.39 is 5.97 Å². The first-order valence-corrected chi connectivity index (χ1v) is 7.94. The molecule has 2 aliphatic rings. The Morgan fingerprint density at radius 2 is 2.00 bits per heavy atom. The van der Waals surface area contributed by atoms with Gasteiger partial charge in [0.05, 0.1) is 12.1 Å². The van der Waals surface area contributed by atoms with Crippen LogP contribution < -0.4 is 22.1 Å². The number of unbranched alkanes of at least 4 members (excludes halogenated alkanes) is 1. The van der Waals surface area contributed by atoms with Crippen LogP contribution in [0.15, 0.2) is 0 Å². The Balaban J connectivity index is 0.000000444. The van der Waals surface area contributed by atoms with Gasteiger partial charge < -0.3 is 27.2 Å². The van der Waals surface area contributed by atoms with E-state index in [0.717, 1.165) is 25.0 Å². The second-order valence-electron chi connectivity index (χ2n) is 4.84. The summed E-state index contributed by atoms with van der Waals surface area (Å²) in [6.07, 6.45) is 2.88. The zero-order valence-electron chi connectivity index (χ0n) is 11.5. The van der Waals surface area contributed by atoms with Gasteiger partial charge in [0.1, 0.15) is 0 Å². The first-order valence-electron chi connectivity index (χ1n) is 6.89. The molecule has 0 unspecified atom stereocenters. The van der Waals surface area contributed by atoms with Crippen LogP contribution in [-0.2, 0) is 4.79 Å². The molecule has 7 nitrogen and oxygen atoms in total. The standard InChI is InChI=1S/C10H16N2O3S.C2H8N2/c13-8(14)4-2-1-3-7-9-6(5-16-7)11-10(15)12-9;3-1-2-4/h6-7,9H,1-5H2,(H,13,14)(H2,11,12,15);1-4H2/t6-,7-,9-;/m0./s1. The number of nitrogens with two attached hydrogens (primary N) is 2. The highest BCUT2D eigenvalue weighted by Crippen LogP contribution is 2.33. The molecule has 2 rings (SSSR count). The Hall–Kier alpha value is -0.990. The summed E-state index contributed by atoms with van der Waals surface area (Å²) < 4.78 is 0. The number of hydrogen-bond donors (Lipinski definition) is 5. The molecule has 2 fully saturated rings. The van der Waals surface area contributed by atoms with Crippen LogP contribution in [0.25, 0.3) is 0 Å². The van der Waals surface area contributed by atoms with Gasteiger partial charge in [0.15, 0.2) is 0 Å². The second kappa shape index (κ2) is 9.04. The van der Waals surface area contributed by atoms with Crippen LogP contribution in [0.1, 0.15) is 25.7 Å². The fraction of sp³-hybridized carbons (Fsp3) is 0.833. The molecule has 2 saturated heterocycles. The Kier molecular flexibility index (Phi) is 7.71. The van der Waals surface area contributed by atoms with Crippen molar-refractivity contribution in [3.63, 3.8) is 0 Å². The Morgan fingerprint density at radius 3 is 2.60 bits per heavy atom. The Labute approximate surface area is 123 Å². The van der Waals surface area contributed by atoms with Crippen molar-refractivity contribution in [3.05, 3.63) is 0 Å². The number of carboxylic acids is 1. The summed E-state index contributed by atoms with van der Waals surface area (Å²) in [4.78, 5) is 21.5. The van der Waals surface area contributed by atoms with E-state index in [1.54, 1.807) is 0 Å². The van der Waals surface area contributed by atoms with Crippen molar-refractivity contribution in [2.45, 2.75) is 43.0 Å². The predicted molar refractivity (Wildman–Crippen MR) is 79.7 cm³/mol. The largest absolute Gasteiger partial charge is 0.481 e. The predicted octanol–water partition coefficient (Wildman–Crippen LogP) is -0.299. The molecule has 0 aromatic rings. The summed E-state index contributed by atoms with van der Waals surface area (Å²) in [5, 5.41) is 14.8. The van der Waals surface area contributed by atoms with Gasteiger partial charge in [0, 0.05) is 30.5 Å². The first kappa shape index (κ1) is 17.1. The monoisotopic (exact) mass is 304 g/mol. The molecule has 0 radical (unpaired) electrons. The molecule has 3 atom stereocenters. The highest BCUT2D eigenvalue weighted by atomic mass is 32.2. The number of aliphatic carboxylic acids is 1. The molecule has 0 saturated carbocycles. The summed E-state index contributed by atoms with van der Waals surface area (Å²) in [5.74, 6) is 0.236. The Morgan fingerprint density at radius 1 is 1.30 bits per heavy atom. The van der Waals surface area contributed by atoms with Gasteiger partial charge in [0.25, 0.3) is 0 Å². The van der Waals surface area contributed by atoms with Crippen molar-refractivity contribution in [3.8, 4) is 0 Å². The summed E-state index contributed by atoms with van der Waals surface area (Å²) in [6.45, 7) is 1.19. The number of fused-ring (bicyclic) bond motifs is 1. The van der Waals surface area contributed by atoms with Crippen LogP contribution in [0.2, 0.25) is 0 Å². The lowest BCUT2D eigenvalue weighted by atomic mass is 10.0. The minimum Gasteiger partial charge on any atom is -0.481 e. The van der Waals surface area contributed by atoms with Crippen LogP contribution in [0, 0.1) is 0 Å². The molecule has 0 bridgehead atoms. The molecule has 7 N–H and O–H groups in total. The number of rotatable bonds is 6. The molecule has 116 valence electrons. The van der Waals surface area contributed by atoms with E-state index in [4.69, 9.17) is 16.6 Å². The van der Waals surface area contributed by atoms with E-state index in [9.17, 15) is 9.59 Å². The topological polar surface area (TPSA) is 130 Å². The smallest absolute Gasteiger partial charge is 0.315 e. The maximum atomic E-state index is 11.1. The molecular weight excluding hydrogens is 280 g/mol. The molecule has 0 aromatic heterocycles. The normalized spacial score (nSPS) is 27.1. The van der Waals surface area contributed by atoms with Crippen LogP contribution in [0.4, 0.5) is 4.79 Å². The highest BCUT2D eigenvalue weighted by molar-refractivity contribution is 8.00. The molecule has 2 heterocycles. The number of carbonyl (C=O) groups excluding carboxylic acids is 1. The lowest BCUT2D eigenvalue weighted by Gasteiger charge is -2.16. The third-order valence-electron chi connectivity index (χ3n) is 3.23. The fourth-order valence-corrected chi connectivity index (χ4v) is 3.81. The van der Waals surface area contributed by atoms with Crippen molar-refractivity contribution in [2.75, 3.05) is 18.8 Å². The van der Waals surface area contributed by atoms with Gasteiger partial charge in [0.2, 0.25) is 0 Å². The van der Waals surface area contributed by atoms with Gasteiger partial charge in [-0.15, -0.1) is 0 Å². The summed E-state index contributed by atoms with van der Waals surface area (Å²) in [5.41, 5.74) is 9.81. The van der Waals surface area contributed by atoms with Crippen LogP contribution in [0.5, 0.6) is 0 Å². The minimum absolute atomic E-state index is 0.0640. The van der Waals surface area contributed by atoms with Crippen LogP contribution in [0.3, 0.4) is 0 Å². The van der Waals surface area contributed by atoms with E-state index in [1.165, 1.54) is 0 Å². The number of carbonyl (C=O) groups is 2. The second-order valence-corrected chi connectivity index (χ2v) is 6.11. The van der Waals surface area contributed by atoms with Gasteiger partial charge in [-0.2, -0.15) is 11.8 Å². The third kappa shape index (κ3) is 5.56. The minimum atomic E-state index is -0.729. The number of nitrogens with one attached hydrogen (secondary N) is 2. The lowest BCUT2D eigenvalue weighted by Crippen LogP contribution is -2.36. The summed E-state index contributed by atoms with van der Waals surface area (Å²) in [7, 11) is 0. The van der Waals surface area contributed by atoms with Gasteiger partial charge in [-0.1, -0.05) is 6.42 Å². The molecular formula is C12H24N4O3S. The van der Waals surface area contributed by atoms with Crippen molar-refractivity contribution in [1.82, 2.24) is 10.6 Å². The van der Waals surface area contributed by atoms with Gasteiger partial charge >= 0.3 is 12.0 Å². The average molecular weight is 304 g/mol. The quantitative estimate of drug-likeness (QED) is 0.338.